The van der Waals surface area contributed by atoms with Gasteiger partial charge < -0.3 is 15.4 Å². The van der Waals surface area contributed by atoms with E-state index in [9.17, 15) is 9.59 Å². The molecule has 29 heavy (non-hydrogen) atoms. The van der Waals surface area contributed by atoms with Crippen molar-refractivity contribution in [3.05, 3.63) is 52.7 Å². The average Bonchev–Trinajstić information content (AvgIpc) is 3.21. The van der Waals surface area contributed by atoms with Crippen LogP contribution in [0.2, 0.25) is 5.02 Å². The molecular weight excluding hydrogens is 410 g/mol. The molecule has 2 N–H and O–H groups in total. The summed E-state index contributed by atoms with van der Waals surface area (Å²) in [6.45, 7) is 0.816. The first-order chi connectivity index (χ1) is 14.1. The Labute approximate surface area is 179 Å². The monoisotopic (exact) mass is 433 g/mol. The number of anilines is 1. The second-order valence-electron chi connectivity index (χ2n) is 6.78. The summed E-state index contributed by atoms with van der Waals surface area (Å²) >= 11 is 7.93. The number of aromatic nitrogens is 1. The van der Waals surface area contributed by atoms with E-state index in [4.69, 9.17) is 16.3 Å². The van der Waals surface area contributed by atoms with Crippen LogP contribution in [-0.4, -0.2) is 42.3 Å². The third kappa shape index (κ3) is 5.95. The molecule has 8 heteroatoms. The molecule has 0 bridgehead atoms. The van der Waals surface area contributed by atoms with E-state index in [1.165, 1.54) is 12.8 Å². The molecule has 2 amide bonds. The number of amides is 2. The molecule has 0 radical (unpaired) electrons. The summed E-state index contributed by atoms with van der Waals surface area (Å²) in [5.74, 6) is -0.528. The van der Waals surface area contributed by atoms with Gasteiger partial charge in [0.15, 0.2) is 0 Å². The van der Waals surface area contributed by atoms with E-state index in [1.54, 1.807) is 55.4 Å². The number of carbonyl (C=O) groups is 2. The molecule has 0 atom stereocenters. The van der Waals surface area contributed by atoms with Crippen molar-refractivity contribution in [2.24, 2.45) is 0 Å². The Morgan fingerprint density at radius 3 is 2.72 bits per heavy atom. The molecule has 2 aromatic rings. The molecule has 1 heterocycles. The molecule has 6 nitrogen and oxygen atoms in total. The molecular formula is C21H24ClN3O3S. The quantitative estimate of drug-likeness (QED) is 0.603. The Hall–Kier alpha value is -2.09. The van der Waals surface area contributed by atoms with Crippen LogP contribution >= 0.6 is 23.4 Å². The third-order valence-corrected chi connectivity index (χ3v) is 6.33. The number of methoxy groups -OCH3 is 1. The zero-order valence-corrected chi connectivity index (χ0v) is 17.8. The van der Waals surface area contributed by atoms with Crippen molar-refractivity contribution >= 4 is 40.9 Å². The maximum atomic E-state index is 12.8. The van der Waals surface area contributed by atoms with Gasteiger partial charge in [-0.2, -0.15) is 0 Å². The van der Waals surface area contributed by atoms with Crippen molar-refractivity contribution in [3.63, 3.8) is 0 Å². The number of nitrogens with one attached hydrogen (secondary N) is 2. The second-order valence-corrected chi connectivity index (χ2v) is 8.47. The summed E-state index contributed by atoms with van der Waals surface area (Å²) < 4.78 is 4.91. The predicted octanol–water partition coefficient (Wildman–Crippen LogP) is 4.40. The van der Waals surface area contributed by atoms with Crippen LogP contribution in [0.3, 0.4) is 0 Å². The molecule has 1 aliphatic carbocycles. The molecule has 0 aliphatic heterocycles. The van der Waals surface area contributed by atoms with Crippen LogP contribution in [-0.2, 0) is 4.74 Å². The van der Waals surface area contributed by atoms with Crippen molar-refractivity contribution in [2.45, 2.75) is 36.0 Å². The van der Waals surface area contributed by atoms with E-state index >= 15 is 0 Å². The van der Waals surface area contributed by atoms with Gasteiger partial charge in [0, 0.05) is 30.8 Å². The van der Waals surface area contributed by atoms with E-state index in [0.29, 0.717) is 35.2 Å². The molecule has 1 fully saturated rings. The highest BCUT2D eigenvalue weighted by Gasteiger charge is 2.21. The van der Waals surface area contributed by atoms with Gasteiger partial charge in [-0.1, -0.05) is 24.4 Å². The fourth-order valence-electron chi connectivity index (χ4n) is 3.16. The molecule has 3 rings (SSSR count). The van der Waals surface area contributed by atoms with Gasteiger partial charge in [-0.05, 0) is 43.2 Å². The number of pyridine rings is 1. The lowest BCUT2D eigenvalue weighted by atomic mass is 10.2. The zero-order chi connectivity index (χ0) is 20.6. The molecule has 1 aliphatic rings. The predicted molar refractivity (Wildman–Crippen MR) is 116 cm³/mol. The van der Waals surface area contributed by atoms with Crippen LogP contribution in [0.1, 0.15) is 46.4 Å². The van der Waals surface area contributed by atoms with E-state index in [-0.39, 0.29) is 16.8 Å². The minimum atomic E-state index is -0.285. The zero-order valence-electron chi connectivity index (χ0n) is 16.2. The molecule has 0 saturated heterocycles. The van der Waals surface area contributed by atoms with Crippen molar-refractivity contribution in [1.82, 2.24) is 10.3 Å². The van der Waals surface area contributed by atoms with Crippen molar-refractivity contribution in [2.75, 3.05) is 25.6 Å². The number of halogens is 1. The number of thioether (sulfide) groups is 1. The van der Waals surface area contributed by atoms with Gasteiger partial charge in [-0.25, -0.2) is 4.98 Å². The van der Waals surface area contributed by atoms with Crippen LogP contribution < -0.4 is 10.6 Å². The first-order valence-electron chi connectivity index (χ1n) is 9.58. The largest absolute Gasteiger partial charge is 0.383 e. The normalized spacial score (nSPS) is 14.0. The second kappa shape index (κ2) is 10.6. The van der Waals surface area contributed by atoms with E-state index in [2.05, 4.69) is 15.6 Å². The van der Waals surface area contributed by atoms with Crippen LogP contribution in [0.15, 0.2) is 41.6 Å². The summed E-state index contributed by atoms with van der Waals surface area (Å²) in [5, 5.41) is 7.11. The molecule has 0 spiro atoms. The lowest BCUT2D eigenvalue weighted by Gasteiger charge is -2.13. The average molecular weight is 434 g/mol. The highest BCUT2D eigenvalue weighted by molar-refractivity contribution is 7.99. The minimum absolute atomic E-state index is 0.244. The maximum Gasteiger partial charge on any atom is 0.258 e. The van der Waals surface area contributed by atoms with Gasteiger partial charge in [0.2, 0.25) is 0 Å². The molecule has 1 aromatic heterocycles. The minimum Gasteiger partial charge on any atom is -0.383 e. The van der Waals surface area contributed by atoms with Crippen LogP contribution in [0.4, 0.5) is 5.69 Å². The number of ether oxygens (including phenoxy) is 1. The summed E-state index contributed by atoms with van der Waals surface area (Å²) in [6.07, 6.45) is 6.49. The number of benzene rings is 1. The summed E-state index contributed by atoms with van der Waals surface area (Å²) in [7, 11) is 1.57. The van der Waals surface area contributed by atoms with Gasteiger partial charge in [0.05, 0.1) is 22.8 Å². The highest BCUT2D eigenvalue weighted by atomic mass is 35.5. The van der Waals surface area contributed by atoms with E-state index < -0.39 is 0 Å². The Morgan fingerprint density at radius 1 is 1.21 bits per heavy atom. The summed E-state index contributed by atoms with van der Waals surface area (Å²) in [6, 6.07) is 8.37. The lowest BCUT2D eigenvalue weighted by molar-refractivity contribution is 0.0936. The van der Waals surface area contributed by atoms with Crippen molar-refractivity contribution in [1.29, 1.82) is 0 Å². The Bertz CT molecular complexity index is 872. The van der Waals surface area contributed by atoms with Gasteiger partial charge in [0.25, 0.3) is 11.8 Å². The maximum absolute atomic E-state index is 12.8. The Balaban J connectivity index is 1.68. The first kappa shape index (κ1) is 21.6. The SMILES string of the molecule is COCCNC(=O)c1ccc(NC(=O)c2cccnc2SC2CCCC2)cc1Cl. The Morgan fingerprint density at radius 2 is 2.00 bits per heavy atom. The van der Waals surface area contributed by atoms with E-state index in [0.717, 1.165) is 17.9 Å². The van der Waals surface area contributed by atoms with Gasteiger partial charge in [-0.3, -0.25) is 9.59 Å². The Kier molecular flexibility index (Phi) is 7.91. The number of hydrogen-bond acceptors (Lipinski definition) is 5. The van der Waals surface area contributed by atoms with Gasteiger partial charge in [0.1, 0.15) is 5.03 Å². The molecule has 1 saturated carbocycles. The smallest absolute Gasteiger partial charge is 0.258 e. The molecule has 0 unspecified atom stereocenters. The first-order valence-corrected chi connectivity index (χ1v) is 10.8. The molecule has 1 aromatic carbocycles. The number of carbonyl (C=O) groups excluding carboxylic acids is 2. The van der Waals surface area contributed by atoms with Crippen molar-refractivity contribution in [3.8, 4) is 0 Å². The number of nitrogens with zero attached hydrogens (tertiary/aromatic N) is 1. The number of rotatable bonds is 8. The van der Waals surface area contributed by atoms with Gasteiger partial charge >= 0.3 is 0 Å². The van der Waals surface area contributed by atoms with Gasteiger partial charge in [-0.15, -0.1) is 11.8 Å². The van der Waals surface area contributed by atoms with Crippen LogP contribution in [0.25, 0.3) is 0 Å². The number of hydrogen-bond donors (Lipinski definition) is 2. The third-order valence-electron chi connectivity index (χ3n) is 4.66. The topological polar surface area (TPSA) is 80.3 Å². The summed E-state index contributed by atoms with van der Waals surface area (Å²) in [4.78, 5) is 29.4. The lowest BCUT2D eigenvalue weighted by Crippen LogP contribution is -2.27. The highest BCUT2D eigenvalue weighted by Crippen LogP contribution is 2.35. The standard InChI is InChI=1S/C21H24ClN3O3S/c1-28-12-11-23-19(26)16-9-8-14(13-18(16)22)25-20(27)17-7-4-10-24-21(17)29-15-5-2-3-6-15/h4,7-10,13,15H,2-3,5-6,11-12H2,1H3,(H,23,26)(H,25,27). The van der Waals surface area contributed by atoms with Crippen LogP contribution in [0.5, 0.6) is 0 Å². The fraction of sp³-hybridized carbons (Fsp3) is 0.381. The van der Waals surface area contributed by atoms with Crippen molar-refractivity contribution < 1.29 is 14.3 Å². The van der Waals surface area contributed by atoms with Crippen LogP contribution in [0, 0.1) is 0 Å². The summed E-state index contributed by atoms with van der Waals surface area (Å²) in [5.41, 5.74) is 1.41. The molecule has 154 valence electrons. The van der Waals surface area contributed by atoms with E-state index in [1.807, 2.05) is 0 Å². The fourth-order valence-corrected chi connectivity index (χ4v) is 4.72.